The number of rotatable bonds is 12. The Morgan fingerprint density at radius 2 is 1.61 bits per heavy atom. The van der Waals surface area contributed by atoms with Gasteiger partial charge in [0.15, 0.2) is 0 Å². The maximum absolute atomic E-state index is 12.9. The van der Waals surface area contributed by atoms with Crippen LogP contribution in [0.1, 0.15) is 61.4 Å². The zero-order valence-corrected chi connectivity index (χ0v) is 18.7. The SMILES string of the molecule is CCN(CC)C(=O)C(CCCCNC1CC1c1ccccc1)NC(=O)c1ccccc1. The van der Waals surface area contributed by atoms with Crippen LogP contribution in [0.25, 0.3) is 0 Å². The van der Waals surface area contributed by atoms with E-state index in [4.69, 9.17) is 0 Å². The Kier molecular flexibility index (Phi) is 8.65. The van der Waals surface area contributed by atoms with Crippen molar-refractivity contribution in [3.8, 4) is 0 Å². The Balaban J connectivity index is 1.45. The molecule has 2 aromatic carbocycles. The van der Waals surface area contributed by atoms with Crippen molar-refractivity contribution in [3.63, 3.8) is 0 Å². The molecule has 5 nitrogen and oxygen atoms in total. The monoisotopic (exact) mass is 421 g/mol. The molecule has 1 aliphatic rings. The summed E-state index contributed by atoms with van der Waals surface area (Å²) in [6.45, 7) is 6.18. The highest BCUT2D eigenvalue weighted by molar-refractivity contribution is 5.97. The summed E-state index contributed by atoms with van der Waals surface area (Å²) >= 11 is 0. The highest BCUT2D eigenvalue weighted by atomic mass is 16.2. The lowest BCUT2D eigenvalue weighted by Crippen LogP contribution is -2.48. The summed E-state index contributed by atoms with van der Waals surface area (Å²) in [7, 11) is 0. The van der Waals surface area contributed by atoms with E-state index in [1.807, 2.05) is 32.0 Å². The van der Waals surface area contributed by atoms with Crippen LogP contribution in [0.15, 0.2) is 60.7 Å². The van der Waals surface area contributed by atoms with E-state index in [2.05, 4.69) is 41.0 Å². The van der Waals surface area contributed by atoms with E-state index in [1.54, 1.807) is 17.0 Å². The number of benzene rings is 2. The summed E-state index contributed by atoms with van der Waals surface area (Å²) in [5, 5.41) is 6.61. The first-order chi connectivity index (χ1) is 15.1. The van der Waals surface area contributed by atoms with E-state index in [0.29, 0.717) is 37.0 Å². The zero-order valence-electron chi connectivity index (χ0n) is 18.7. The Hall–Kier alpha value is -2.66. The molecule has 1 saturated carbocycles. The van der Waals surface area contributed by atoms with Crippen LogP contribution < -0.4 is 10.6 Å². The van der Waals surface area contributed by atoms with Crippen LogP contribution >= 0.6 is 0 Å². The van der Waals surface area contributed by atoms with Gasteiger partial charge in [-0.15, -0.1) is 0 Å². The normalized spacial score (nSPS) is 18.3. The standard InChI is InChI=1S/C26H35N3O2/c1-3-29(4-2)26(31)23(28-25(30)21-15-9-6-10-16-21)17-11-12-18-27-24-19-22(24)20-13-7-5-8-14-20/h5-10,13-16,22-24,27H,3-4,11-12,17-19H2,1-2H3,(H,28,30). The number of hydrogen-bond donors (Lipinski definition) is 2. The van der Waals surface area contributed by atoms with Gasteiger partial charge in [0.1, 0.15) is 6.04 Å². The largest absolute Gasteiger partial charge is 0.341 e. The average Bonchev–Trinajstić information content (AvgIpc) is 3.59. The molecule has 3 atom stereocenters. The topological polar surface area (TPSA) is 61.4 Å². The van der Waals surface area contributed by atoms with E-state index in [-0.39, 0.29) is 11.8 Å². The van der Waals surface area contributed by atoms with E-state index in [1.165, 1.54) is 12.0 Å². The molecule has 2 N–H and O–H groups in total. The molecule has 1 fully saturated rings. The van der Waals surface area contributed by atoms with Gasteiger partial charge in [-0.2, -0.15) is 0 Å². The van der Waals surface area contributed by atoms with Gasteiger partial charge in [-0.1, -0.05) is 48.5 Å². The van der Waals surface area contributed by atoms with Gasteiger partial charge < -0.3 is 15.5 Å². The van der Waals surface area contributed by atoms with Crippen molar-refractivity contribution in [1.29, 1.82) is 0 Å². The Labute approximate surface area is 186 Å². The van der Waals surface area contributed by atoms with Crippen molar-refractivity contribution in [1.82, 2.24) is 15.5 Å². The molecule has 0 aromatic heterocycles. The molecule has 3 rings (SSSR count). The first kappa shape index (κ1) is 23.0. The molecular weight excluding hydrogens is 386 g/mol. The Bertz CT molecular complexity index is 821. The minimum Gasteiger partial charge on any atom is -0.341 e. The number of amides is 2. The van der Waals surface area contributed by atoms with Gasteiger partial charge in [0.2, 0.25) is 5.91 Å². The summed E-state index contributed by atoms with van der Waals surface area (Å²) in [4.78, 5) is 27.4. The maximum Gasteiger partial charge on any atom is 0.251 e. The van der Waals surface area contributed by atoms with E-state index >= 15 is 0 Å². The van der Waals surface area contributed by atoms with Gasteiger partial charge in [0.25, 0.3) is 5.91 Å². The second-order valence-electron chi connectivity index (χ2n) is 8.21. The third kappa shape index (κ3) is 6.66. The van der Waals surface area contributed by atoms with Gasteiger partial charge in [-0.25, -0.2) is 0 Å². The van der Waals surface area contributed by atoms with Gasteiger partial charge in [-0.3, -0.25) is 9.59 Å². The van der Waals surface area contributed by atoms with Crippen molar-refractivity contribution in [2.45, 2.75) is 57.5 Å². The fourth-order valence-corrected chi connectivity index (χ4v) is 4.09. The molecule has 0 aliphatic heterocycles. The fraction of sp³-hybridized carbons (Fsp3) is 0.462. The van der Waals surface area contributed by atoms with Crippen LogP contribution in [0.4, 0.5) is 0 Å². The molecule has 166 valence electrons. The van der Waals surface area contributed by atoms with Crippen LogP contribution in [-0.4, -0.2) is 48.4 Å². The third-order valence-electron chi connectivity index (χ3n) is 6.06. The molecular formula is C26H35N3O2. The van der Waals surface area contributed by atoms with Crippen molar-refractivity contribution in [3.05, 3.63) is 71.8 Å². The molecule has 31 heavy (non-hydrogen) atoms. The molecule has 0 spiro atoms. The number of carbonyl (C=O) groups is 2. The van der Waals surface area contributed by atoms with Crippen LogP contribution in [0.3, 0.4) is 0 Å². The number of nitrogens with one attached hydrogen (secondary N) is 2. The minimum absolute atomic E-state index is 0.00794. The molecule has 2 aromatic rings. The summed E-state index contributed by atoms with van der Waals surface area (Å²) in [5.41, 5.74) is 2.00. The molecule has 0 radical (unpaired) electrons. The highest BCUT2D eigenvalue weighted by Crippen LogP contribution is 2.40. The van der Waals surface area contributed by atoms with Gasteiger partial charge >= 0.3 is 0 Å². The van der Waals surface area contributed by atoms with Gasteiger partial charge in [-0.05, 0) is 63.8 Å². The summed E-state index contributed by atoms with van der Waals surface area (Å²) in [6, 6.07) is 19.8. The number of likely N-dealkylation sites (N-methyl/N-ethyl adjacent to an activating group) is 1. The van der Waals surface area contributed by atoms with E-state index < -0.39 is 6.04 Å². The zero-order chi connectivity index (χ0) is 22.1. The molecule has 0 saturated heterocycles. The summed E-state index contributed by atoms with van der Waals surface area (Å²) < 4.78 is 0. The first-order valence-electron chi connectivity index (χ1n) is 11.6. The third-order valence-corrected chi connectivity index (χ3v) is 6.06. The first-order valence-corrected chi connectivity index (χ1v) is 11.6. The summed E-state index contributed by atoms with van der Waals surface area (Å²) in [6.07, 6.45) is 3.73. The molecule has 1 aliphatic carbocycles. The predicted molar refractivity (Wildman–Crippen MR) is 125 cm³/mol. The van der Waals surface area contributed by atoms with Crippen LogP contribution in [-0.2, 0) is 4.79 Å². The number of nitrogens with zero attached hydrogens (tertiary/aromatic N) is 1. The van der Waals surface area contributed by atoms with Crippen molar-refractivity contribution < 1.29 is 9.59 Å². The van der Waals surface area contributed by atoms with Crippen molar-refractivity contribution in [2.75, 3.05) is 19.6 Å². The smallest absolute Gasteiger partial charge is 0.251 e. The molecule has 5 heteroatoms. The Morgan fingerprint density at radius 1 is 0.968 bits per heavy atom. The molecule has 0 bridgehead atoms. The average molecular weight is 422 g/mol. The number of carbonyl (C=O) groups excluding carboxylic acids is 2. The summed E-state index contributed by atoms with van der Waals surface area (Å²) in [5.74, 6) is 0.449. The molecule has 0 heterocycles. The lowest BCUT2D eigenvalue weighted by atomic mass is 10.1. The minimum atomic E-state index is -0.481. The van der Waals surface area contributed by atoms with E-state index in [0.717, 1.165) is 19.4 Å². The fourth-order valence-electron chi connectivity index (χ4n) is 4.09. The highest BCUT2D eigenvalue weighted by Gasteiger charge is 2.37. The van der Waals surface area contributed by atoms with E-state index in [9.17, 15) is 9.59 Å². The van der Waals surface area contributed by atoms with Crippen molar-refractivity contribution >= 4 is 11.8 Å². The Morgan fingerprint density at radius 3 is 2.26 bits per heavy atom. The van der Waals surface area contributed by atoms with Gasteiger partial charge in [0, 0.05) is 30.6 Å². The quantitative estimate of drug-likeness (QED) is 0.510. The number of hydrogen-bond acceptors (Lipinski definition) is 3. The van der Waals surface area contributed by atoms with Crippen molar-refractivity contribution in [2.24, 2.45) is 0 Å². The molecule has 3 unspecified atom stereocenters. The van der Waals surface area contributed by atoms with Gasteiger partial charge in [0.05, 0.1) is 0 Å². The lowest BCUT2D eigenvalue weighted by molar-refractivity contribution is -0.133. The maximum atomic E-state index is 12.9. The van der Waals surface area contributed by atoms with Crippen LogP contribution in [0, 0.1) is 0 Å². The second kappa shape index (κ2) is 11.7. The van der Waals surface area contributed by atoms with Crippen LogP contribution in [0.2, 0.25) is 0 Å². The number of unbranched alkanes of at least 4 members (excludes halogenated alkanes) is 1. The lowest BCUT2D eigenvalue weighted by Gasteiger charge is -2.26. The molecule has 2 amide bonds. The predicted octanol–water partition coefficient (Wildman–Crippen LogP) is 3.97. The van der Waals surface area contributed by atoms with Crippen LogP contribution in [0.5, 0.6) is 0 Å². The second-order valence-corrected chi connectivity index (χ2v) is 8.21.